The van der Waals surface area contributed by atoms with Crippen LogP contribution in [-0.4, -0.2) is 24.4 Å². The summed E-state index contributed by atoms with van der Waals surface area (Å²) in [4.78, 5) is 15.1. The van der Waals surface area contributed by atoms with Crippen LogP contribution in [0.1, 0.15) is 16.1 Å². The van der Waals surface area contributed by atoms with Crippen molar-refractivity contribution in [3.8, 4) is 5.75 Å². The highest BCUT2D eigenvalue weighted by Crippen LogP contribution is 2.33. The first-order valence-corrected chi connectivity index (χ1v) is 6.57. The number of halogens is 5. The van der Waals surface area contributed by atoms with Crippen LogP contribution in [0.15, 0.2) is 6.20 Å². The van der Waals surface area contributed by atoms with Gasteiger partial charge in [-0.05, 0) is 22.6 Å². The van der Waals surface area contributed by atoms with E-state index in [2.05, 4.69) is 30.4 Å². The predicted molar refractivity (Wildman–Crippen MR) is 67.6 cm³/mol. The molecule has 1 heterocycles. The highest BCUT2D eigenvalue weighted by Gasteiger charge is 2.34. The smallest absolute Gasteiger partial charge is 0.465 e. The van der Waals surface area contributed by atoms with Crippen LogP contribution in [0.4, 0.5) is 13.2 Å². The minimum atomic E-state index is -4.85. The zero-order valence-corrected chi connectivity index (χ0v) is 12.6. The molecule has 4 nitrogen and oxygen atoms in total. The van der Waals surface area contributed by atoms with Crippen LogP contribution in [0, 0.1) is 3.57 Å². The minimum Gasteiger partial charge on any atom is -0.465 e. The van der Waals surface area contributed by atoms with Gasteiger partial charge in [-0.15, -0.1) is 13.2 Å². The normalized spacial score (nSPS) is 11.2. The van der Waals surface area contributed by atoms with Gasteiger partial charge in [0.1, 0.15) is 0 Å². The molecule has 0 aliphatic rings. The molecule has 0 aliphatic carbocycles. The van der Waals surface area contributed by atoms with Gasteiger partial charge < -0.3 is 9.47 Å². The lowest BCUT2D eigenvalue weighted by Gasteiger charge is -2.14. The lowest BCUT2D eigenvalue weighted by molar-refractivity contribution is -0.275. The monoisotopic (exact) mass is 439 g/mol. The molecule has 0 fully saturated rings. The van der Waals surface area contributed by atoms with E-state index in [-0.39, 0.29) is 20.2 Å². The Kier molecular flexibility index (Phi) is 5.20. The molecule has 0 aliphatic heterocycles. The highest BCUT2D eigenvalue weighted by molar-refractivity contribution is 14.1. The fourth-order valence-corrected chi connectivity index (χ4v) is 2.25. The SMILES string of the molecule is COC(=O)c1cnc(CBr)c(OC(F)(F)F)c1I. The zero-order valence-electron chi connectivity index (χ0n) is 8.85. The second kappa shape index (κ2) is 6.04. The van der Waals surface area contributed by atoms with Gasteiger partial charge in [0.2, 0.25) is 0 Å². The summed E-state index contributed by atoms with van der Waals surface area (Å²) in [6, 6.07) is 0. The van der Waals surface area contributed by atoms with E-state index in [9.17, 15) is 18.0 Å². The highest BCUT2D eigenvalue weighted by atomic mass is 127. The minimum absolute atomic E-state index is 0.00113. The molecule has 1 aromatic heterocycles. The maximum atomic E-state index is 12.3. The summed E-state index contributed by atoms with van der Waals surface area (Å²) < 4.78 is 45.1. The molecule has 1 rings (SSSR count). The number of esters is 1. The zero-order chi connectivity index (χ0) is 13.9. The fourth-order valence-electron chi connectivity index (χ4n) is 1.07. The van der Waals surface area contributed by atoms with Crippen molar-refractivity contribution in [2.45, 2.75) is 11.7 Å². The van der Waals surface area contributed by atoms with Crippen LogP contribution >= 0.6 is 38.5 Å². The van der Waals surface area contributed by atoms with Crippen LogP contribution in [0.25, 0.3) is 0 Å². The first-order valence-electron chi connectivity index (χ1n) is 4.37. The van der Waals surface area contributed by atoms with Crippen LogP contribution in [0.3, 0.4) is 0 Å². The molecule has 100 valence electrons. The van der Waals surface area contributed by atoms with Gasteiger partial charge in [0, 0.05) is 11.5 Å². The number of carbonyl (C=O) groups is 1. The van der Waals surface area contributed by atoms with Gasteiger partial charge in [0.05, 0.1) is 21.9 Å². The average Bonchev–Trinajstić information content (AvgIpc) is 2.29. The Hall–Kier alpha value is -0.580. The third-order valence-electron chi connectivity index (χ3n) is 1.80. The molecule has 0 amide bonds. The molecule has 0 bridgehead atoms. The van der Waals surface area contributed by atoms with Gasteiger partial charge in [-0.1, -0.05) is 15.9 Å². The Morgan fingerprint density at radius 2 is 2.17 bits per heavy atom. The Bertz CT molecular complexity index is 467. The van der Waals surface area contributed by atoms with Gasteiger partial charge in [-0.25, -0.2) is 4.79 Å². The number of rotatable bonds is 3. The molecule has 18 heavy (non-hydrogen) atoms. The number of carbonyl (C=O) groups excluding carboxylic acids is 1. The first-order chi connectivity index (χ1) is 8.30. The van der Waals surface area contributed by atoms with Crippen LogP contribution in [0.5, 0.6) is 5.75 Å². The van der Waals surface area contributed by atoms with Gasteiger partial charge in [-0.3, -0.25) is 4.98 Å². The van der Waals surface area contributed by atoms with Crippen molar-refractivity contribution in [2.75, 3.05) is 7.11 Å². The van der Waals surface area contributed by atoms with Crippen LogP contribution in [-0.2, 0) is 10.1 Å². The fraction of sp³-hybridized carbons (Fsp3) is 0.333. The lowest BCUT2D eigenvalue weighted by atomic mass is 10.2. The number of methoxy groups -OCH3 is 1. The van der Waals surface area contributed by atoms with E-state index in [1.165, 1.54) is 0 Å². The van der Waals surface area contributed by atoms with E-state index < -0.39 is 18.1 Å². The molecular formula is C9H6BrF3INO3. The Morgan fingerprint density at radius 3 is 2.61 bits per heavy atom. The lowest BCUT2D eigenvalue weighted by Crippen LogP contribution is -2.20. The molecule has 0 N–H and O–H groups in total. The number of pyridine rings is 1. The molecule has 0 saturated carbocycles. The van der Waals surface area contributed by atoms with Crippen molar-refractivity contribution in [3.63, 3.8) is 0 Å². The van der Waals surface area contributed by atoms with E-state index in [4.69, 9.17) is 0 Å². The summed E-state index contributed by atoms with van der Waals surface area (Å²) in [5, 5.41) is 0.0653. The van der Waals surface area contributed by atoms with E-state index in [1.807, 2.05) is 0 Å². The Morgan fingerprint density at radius 1 is 1.56 bits per heavy atom. The second-order valence-electron chi connectivity index (χ2n) is 2.93. The average molecular weight is 440 g/mol. The molecule has 0 unspecified atom stereocenters. The van der Waals surface area contributed by atoms with Gasteiger partial charge in [0.25, 0.3) is 0 Å². The van der Waals surface area contributed by atoms with Crippen molar-refractivity contribution in [2.24, 2.45) is 0 Å². The quantitative estimate of drug-likeness (QED) is 0.412. The summed E-state index contributed by atoms with van der Waals surface area (Å²) in [7, 11) is 1.13. The molecule has 9 heteroatoms. The summed E-state index contributed by atoms with van der Waals surface area (Å²) >= 11 is 4.58. The first kappa shape index (κ1) is 15.5. The third kappa shape index (κ3) is 3.70. The standard InChI is InChI=1S/C9H6BrF3INO3/c1-17-8(16)4-3-15-5(2-10)7(6(4)14)18-9(11,12)13/h3H,2H2,1H3. The van der Waals surface area contributed by atoms with Gasteiger partial charge in [-0.2, -0.15) is 0 Å². The van der Waals surface area contributed by atoms with E-state index >= 15 is 0 Å². The van der Waals surface area contributed by atoms with E-state index in [1.54, 1.807) is 22.6 Å². The molecule has 0 radical (unpaired) electrons. The molecule has 0 aromatic carbocycles. The van der Waals surface area contributed by atoms with Crippen molar-refractivity contribution in [3.05, 3.63) is 21.0 Å². The van der Waals surface area contributed by atoms with Gasteiger partial charge >= 0.3 is 12.3 Å². The van der Waals surface area contributed by atoms with Crippen LogP contribution in [0.2, 0.25) is 0 Å². The maximum absolute atomic E-state index is 12.3. The van der Waals surface area contributed by atoms with Crippen LogP contribution < -0.4 is 4.74 Å². The number of hydrogen-bond acceptors (Lipinski definition) is 4. The maximum Gasteiger partial charge on any atom is 0.573 e. The number of nitrogens with zero attached hydrogens (tertiary/aromatic N) is 1. The number of ether oxygens (including phenoxy) is 2. The number of alkyl halides is 4. The van der Waals surface area contributed by atoms with Crippen molar-refractivity contribution >= 4 is 44.5 Å². The molecular weight excluding hydrogens is 434 g/mol. The molecule has 0 saturated heterocycles. The predicted octanol–water partition coefficient (Wildman–Crippen LogP) is 3.27. The number of hydrogen-bond donors (Lipinski definition) is 0. The summed E-state index contributed by atoms with van der Waals surface area (Å²) in [6.45, 7) is 0. The van der Waals surface area contributed by atoms with Crippen molar-refractivity contribution < 1.29 is 27.4 Å². The molecule has 1 aromatic rings. The largest absolute Gasteiger partial charge is 0.573 e. The van der Waals surface area contributed by atoms with E-state index in [0.717, 1.165) is 13.3 Å². The third-order valence-corrected chi connectivity index (χ3v) is 3.40. The van der Waals surface area contributed by atoms with Gasteiger partial charge in [0.15, 0.2) is 5.75 Å². The topological polar surface area (TPSA) is 48.4 Å². The molecule has 0 spiro atoms. The van der Waals surface area contributed by atoms with E-state index in [0.29, 0.717) is 0 Å². The second-order valence-corrected chi connectivity index (χ2v) is 4.57. The number of aromatic nitrogens is 1. The summed E-state index contributed by atoms with van der Waals surface area (Å²) in [5.74, 6) is -1.28. The van der Waals surface area contributed by atoms with Crippen molar-refractivity contribution in [1.82, 2.24) is 4.98 Å². The Balaban J connectivity index is 3.31. The summed E-state index contributed by atoms with van der Waals surface area (Å²) in [5.41, 5.74) is -0.0357. The summed E-state index contributed by atoms with van der Waals surface area (Å²) in [6.07, 6.45) is -3.71. The van der Waals surface area contributed by atoms with Crippen molar-refractivity contribution in [1.29, 1.82) is 0 Å². The molecule has 0 atom stereocenters. The Labute approximate surface area is 122 Å².